The quantitative estimate of drug-likeness (QED) is 0.880. The monoisotopic (exact) mass is 325 g/mol. The van der Waals surface area contributed by atoms with E-state index in [1.807, 2.05) is 0 Å². The van der Waals surface area contributed by atoms with Gasteiger partial charge in [-0.1, -0.05) is 43.7 Å². The molecule has 3 aliphatic carbocycles. The van der Waals surface area contributed by atoms with Gasteiger partial charge in [0.15, 0.2) is 5.82 Å². The zero-order valence-electron chi connectivity index (χ0n) is 13.3. The van der Waals surface area contributed by atoms with Crippen molar-refractivity contribution in [2.75, 3.05) is 0 Å². The summed E-state index contributed by atoms with van der Waals surface area (Å²) >= 11 is 0. The SMILES string of the molecule is Cl.NC1(c2noc(C3CCC4CCCCC4C3)n2)CCCC1. The molecular weight excluding hydrogens is 298 g/mol. The molecule has 0 saturated heterocycles. The van der Waals surface area contributed by atoms with Crippen LogP contribution in [0.15, 0.2) is 4.52 Å². The molecule has 1 aromatic heterocycles. The molecule has 124 valence electrons. The smallest absolute Gasteiger partial charge is 0.229 e. The molecule has 5 heteroatoms. The van der Waals surface area contributed by atoms with Gasteiger partial charge in [0.2, 0.25) is 5.89 Å². The largest absolute Gasteiger partial charge is 0.339 e. The second kappa shape index (κ2) is 6.48. The lowest BCUT2D eigenvalue weighted by Gasteiger charge is -2.38. The Morgan fingerprint density at radius 3 is 2.45 bits per heavy atom. The Kier molecular flexibility index (Phi) is 4.79. The van der Waals surface area contributed by atoms with Crippen molar-refractivity contribution in [2.24, 2.45) is 17.6 Å². The van der Waals surface area contributed by atoms with E-state index in [2.05, 4.69) is 5.16 Å². The minimum absolute atomic E-state index is 0. The van der Waals surface area contributed by atoms with Crippen LogP contribution in [0, 0.1) is 11.8 Å². The van der Waals surface area contributed by atoms with Gasteiger partial charge < -0.3 is 10.3 Å². The van der Waals surface area contributed by atoms with E-state index in [-0.39, 0.29) is 17.9 Å². The second-order valence-corrected chi connectivity index (χ2v) is 7.63. The lowest BCUT2D eigenvalue weighted by Crippen LogP contribution is -2.34. The predicted molar refractivity (Wildman–Crippen MR) is 87.9 cm³/mol. The van der Waals surface area contributed by atoms with Gasteiger partial charge in [-0.15, -0.1) is 12.4 Å². The van der Waals surface area contributed by atoms with Crippen LogP contribution >= 0.6 is 12.4 Å². The van der Waals surface area contributed by atoms with Crippen molar-refractivity contribution in [3.63, 3.8) is 0 Å². The van der Waals surface area contributed by atoms with Crippen LogP contribution in [0.4, 0.5) is 0 Å². The molecule has 22 heavy (non-hydrogen) atoms. The summed E-state index contributed by atoms with van der Waals surface area (Å²) in [6, 6.07) is 0. The van der Waals surface area contributed by atoms with Crippen molar-refractivity contribution < 1.29 is 4.52 Å². The third kappa shape index (κ3) is 2.92. The van der Waals surface area contributed by atoms with Crippen LogP contribution in [0.1, 0.15) is 88.3 Å². The number of nitrogens with zero attached hydrogens (tertiary/aromatic N) is 2. The Balaban J connectivity index is 0.00000144. The molecule has 0 bridgehead atoms. The number of nitrogens with two attached hydrogens (primary N) is 1. The first-order valence-electron chi connectivity index (χ1n) is 8.87. The van der Waals surface area contributed by atoms with E-state index < -0.39 is 0 Å². The van der Waals surface area contributed by atoms with Gasteiger partial charge in [0.05, 0.1) is 5.54 Å². The molecule has 3 atom stereocenters. The number of aromatic nitrogens is 2. The van der Waals surface area contributed by atoms with Crippen molar-refractivity contribution in [2.45, 2.75) is 82.1 Å². The normalized spacial score (nSPS) is 34.0. The third-order valence-electron chi connectivity index (χ3n) is 6.27. The Bertz CT molecular complexity index is 498. The zero-order chi connectivity index (χ0) is 14.3. The van der Waals surface area contributed by atoms with Crippen molar-refractivity contribution in [3.8, 4) is 0 Å². The molecule has 0 amide bonds. The molecule has 1 aromatic rings. The number of hydrogen-bond acceptors (Lipinski definition) is 4. The molecule has 3 unspecified atom stereocenters. The van der Waals surface area contributed by atoms with Gasteiger partial charge in [0.1, 0.15) is 0 Å². The first-order valence-corrected chi connectivity index (χ1v) is 8.87. The topological polar surface area (TPSA) is 64.9 Å². The minimum atomic E-state index is -0.316. The van der Waals surface area contributed by atoms with Gasteiger partial charge in [-0.25, -0.2) is 0 Å². The van der Waals surface area contributed by atoms with Crippen LogP contribution in [-0.2, 0) is 5.54 Å². The van der Waals surface area contributed by atoms with E-state index in [0.717, 1.165) is 36.4 Å². The van der Waals surface area contributed by atoms with Gasteiger partial charge in [0, 0.05) is 5.92 Å². The van der Waals surface area contributed by atoms with Gasteiger partial charge in [0.25, 0.3) is 0 Å². The van der Waals surface area contributed by atoms with Crippen LogP contribution < -0.4 is 5.73 Å². The van der Waals surface area contributed by atoms with Gasteiger partial charge in [-0.3, -0.25) is 0 Å². The van der Waals surface area contributed by atoms with Crippen molar-refractivity contribution in [1.29, 1.82) is 0 Å². The third-order valence-corrected chi connectivity index (χ3v) is 6.27. The fourth-order valence-electron chi connectivity index (χ4n) is 4.93. The first kappa shape index (κ1) is 16.3. The summed E-state index contributed by atoms with van der Waals surface area (Å²) in [6.45, 7) is 0. The van der Waals surface area contributed by atoms with Crippen LogP contribution in [0.3, 0.4) is 0 Å². The molecule has 4 nitrogen and oxygen atoms in total. The van der Waals surface area contributed by atoms with Crippen molar-refractivity contribution in [3.05, 3.63) is 11.7 Å². The molecule has 0 spiro atoms. The summed E-state index contributed by atoms with van der Waals surface area (Å²) in [6.07, 6.45) is 13.9. The van der Waals surface area contributed by atoms with Crippen LogP contribution in [0.2, 0.25) is 0 Å². The zero-order valence-corrected chi connectivity index (χ0v) is 14.1. The molecular formula is C17H28ClN3O. The van der Waals surface area contributed by atoms with Gasteiger partial charge in [-0.05, 0) is 43.9 Å². The predicted octanol–water partition coefficient (Wildman–Crippen LogP) is 4.29. The molecule has 0 aromatic carbocycles. The maximum Gasteiger partial charge on any atom is 0.229 e. The van der Waals surface area contributed by atoms with E-state index in [4.69, 9.17) is 15.2 Å². The molecule has 4 rings (SSSR count). The van der Waals surface area contributed by atoms with Crippen molar-refractivity contribution in [1.82, 2.24) is 10.1 Å². The minimum Gasteiger partial charge on any atom is -0.339 e. The summed E-state index contributed by atoms with van der Waals surface area (Å²) in [7, 11) is 0. The maximum atomic E-state index is 6.44. The molecule has 0 aliphatic heterocycles. The standard InChI is InChI=1S/C17H27N3O.ClH/c18-17(9-3-4-10-17)16-19-15(21-20-16)14-8-7-12-5-1-2-6-13(12)11-14;/h12-14H,1-11,18H2;1H. The Morgan fingerprint density at radius 2 is 1.68 bits per heavy atom. The Labute approximate surface area is 139 Å². The molecule has 3 saturated carbocycles. The number of halogens is 1. The van der Waals surface area contributed by atoms with Crippen LogP contribution in [0.5, 0.6) is 0 Å². The average Bonchev–Trinajstić information content (AvgIpc) is 3.17. The molecule has 1 heterocycles. The number of hydrogen-bond donors (Lipinski definition) is 1. The van der Waals surface area contributed by atoms with Crippen LogP contribution in [0.25, 0.3) is 0 Å². The molecule has 3 aliphatic rings. The highest BCUT2D eigenvalue weighted by molar-refractivity contribution is 5.85. The van der Waals surface area contributed by atoms with Crippen LogP contribution in [-0.4, -0.2) is 10.1 Å². The van der Waals surface area contributed by atoms with E-state index in [0.29, 0.717) is 5.92 Å². The molecule has 2 N–H and O–H groups in total. The van der Waals surface area contributed by atoms with E-state index in [1.165, 1.54) is 57.8 Å². The maximum absolute atomic E-state index is 6.44. The fraction of sp³-hybridized carbons (Fsp3) is 0.882. The van der Waals surface area contributed by atoms with E-state index in [1.54, 1.807) is 0 Å². The summed E-state index contributed by atoms with van der Waals surface area (Å²) in [5.41, 5.74) is 6.13. The summed E-state index contributed by atoms with van der Waals surface area (Å²) < 4.78 is 5.62. The van der Waals surface area contributed by atoms with Crippen molar-refractivity contribution >= 4 is 12.4 Å². The van der Waals surface area contributed by atoms with Gasteiger partial charge >= 0.3 is 0 Å². The highest BCUT2D eigenvalue weighted by atomic mass is 35.5. The number of fused-ring (bicyclic) bond motifs is 1. The number of rotatable bonds is 2. The highest BCUT2D eigenvalue weighted by Gasteiger charge is 2.38. The summed E-state index contributed by atoms with van der Waals surface area (Å²) in [5.74, 6) is 3.97. The highest BCUT2D eigenvalue weighted by Crippen LogP contribution is 2.46. The lowest BCUT2D eigenvalue weighted by atomic mass is 9.67. The summed E-state index contributed by atoms with van der Waals surface area (Å²) in [5, 5.41) is 4.24. The second-order valence-electron chi connectivity index (χ2n) is 7.63. The van der Waals surface area contributed by atoms with E-state index in [9.17, 15) is 0 Å². The van der Waals surface area contributed by atoms with E-state index >= 15 is 0 Å². The lowest BCUT2D eigenvalue weighted by molar-refractivity contribution is 0.142. The molecule has 0 radical (unpaired) electrons. The molecule has 3 fully saturated rings. The average molecular weight is 326 g/mol. The fourth-order valence-corrected chi connectivity index (χ4v) is 4.93. The first-order chi connectivity index (χ1) is 10.2. The Hall–Kier alpha value is -0.610. The van der Waals surface area contributed by atoms with Gasteiger partial charge in [-0.2, -0.15) is 4.98 Å². The Morgan fingerprint density at radius 1 is 0.955 bits per heavy atom. The summed E-state index contributed by atoms with van der Waals surface area (Å²) in [4.78, 5) is 4.72.